The molecule has 1 heterocycles. The Morgan fingerprint density at radius 2 is 2.12 bits per heavy atom. The number of hydrogen-bond acceptors (Lipinski definition) is 4. The molecule has 1 N–H and O–H groups in total. The van der Waals surface area contributed by atoms with Crippen molar-refractivity contribution >= 4 is 9.84 Å². The summed E-state index contributed by atoms with van der Waals surface area (Å²) in [5.74, 6) is 0.289. The number of piperidine rings is 1. The Morgan fingerprint density at radius 1 is 1.35 bits per heavy atom. The van der Waals surface area contributed by atoms with Gasteiger partial charge in [0.1, 0.15) is 9.84 Å². The van der Waals surface area contributed by atoms with E-state index in [1.165, 1.54) is 25.5 Å². The summed E-state index contributed by atoms with van der Waals surface area (Å²) in [6, 6.07) is 0.525. The highest BCUT2D eigenvalue weighted by Gasteiger charge is 2.22. The predicted molar refractivity (Wildman–Crippen MR) is 72.1 cm³/mol. The monoisotopic (exact) mass is 262 g/mol. The quantitative estimate of drug-likeness (QED) is 0.692. The minimum atomic E-state index is -2.83. The zero-order valence-electron chi connectivity index (χ0n) is 11.1. The first-order chi connectivity index (χ1) is 8.03. The van der Waals surface area contributed by atoms with Crippen LogP contribution in [0.1, 0.15) is 32.6 Å². The van der Waals surface area contributed by atoms with Gasteiger partial charge >= 0.3 is 0 Å². The number of rotatable bonds is 7. The maximum Gasteiger partial charge on any atom is 0.148 e. The average Bonchev–Trinajstić information content (AvgIpc) is 2.27. The highest BCUT2D eigenvalue weighted by atomic mass is 32.2. The molecule has 0 radical (unpaired) electrons. The van der Waals surface area contributed by atoms with E-state index >= 15 is 0 Å². The molecule has 1 aliphatic heterocycles. The Labute approximate surface area is 106 Å². The predicted octanol–water partition coefficient (Wildman–Crippen LogP) is 0.885. The summed E-state index contributed by atoms with van der Waals surface area (Å²) in [5.41, 5.74) is 0. The molecule has 1 aliphatic rings. The maximum absolute atomic E-state index is 11.2. The second-order valence-electron chi connectivity index (χ2n) is 5.02. The van der Waals surface area contributed by atoms with Gasteiger partial charge in [0.05, 0.1) is 5.75 Å². The van der Waals surface area contributed by atoms with E-state index in [9.17, 15) is 8.42 Å². The van der Waals surface area contributed by atoms with Crippen molar-refractivity contribution in [3.05, 3.63) is 0 Å². The van der Waals surface area contributed by atoms with Crippen LogP contribution in [-0.4, -0.2) is 57.5 Å². The van der Waals surface area contributed by atoms with E-state index in [2.05, 4.69) is 17.1 Å². The lowest BCUT2D eigenvalue weighted by molar-refractivity contribution is 0.154. The van der Waals surface area contributed by atoms with Crippen molar-refractivity contribution in [1.82, 2.24) is 10.2 Å². The van der Waals surface area contributed by atoms with Crippen LogP contribution < -0.4 is 5.32 Å². The van der Waals surface area contributed by atoms with Crippen molar-refractivity contribution in [2.45, 2.75) is 38.6 Å². The first-order valence-corrected chi connectivity index (χ1v) is 8.71. The SMILES string of the molecule is CCCNCC1CCCCN1CCS(C)(=O)=O. The van der Waals surface area contributed by atoms with Crippen molar-refractivity contribution in [3.8, 4) is 0 Å². The maximum atomic E-state index is 11.2. The average molecular weight is 262 g/mol. The third kappa shape index (κ3) is 6.38. The van der Waals surface area contributed by atoms with Crippen molar-refractivity contribution in [2.24, 2.45) is 0 Å². The van der Waals surface area contributed by atoms with Crippen LogP contribution in [0.15, 0.2) is 0 Å². The molecule has 0 amide bonds. The second kappa shape index (κ2) is 7.34. The number of likely N-dealkylation sites (tertiary alicyclic amines) is 1. The van der Waals surface area contributed by atoms with Gasteiger partial charge in [-0.15, -0.1) is 0 Å². The van der Waals surface area contributed by atoms with Crippen LogP contribution in [-0.2, 0) is 9.84 Å². The van der Waals surface area contributed by atoms with Crippen LogP contribution in [0.4, 0.5) is 0 Å². The van der Waals surface area contributed by atoms with Crippen molar-refractivity contribution in [2.75, 3.05) is 38.2 Å². The third-order valence-corrected chi connectivity index (χ3v) is 4.23. The van der Waals surface area contributed by atoms with E-state index in [1.54, 1.807) is 0 Å². The molecule has 4 nitrogen and oxygen atoms in total. The summed E-state index contributed by atoms with van der Waals surface area (Å²) in [6.45, 7) is 5.95. The van der Waals surface area contributed by atoms with Crippen molar-refractivity contribution in [1.29, 1.82) is 0 Å². The van der Waals surface area contributed by atoms with Gasteiger partial charge in [0.15, 0.2) is 0 Å². The van der Waals surface area contributed by atoms with Crippen LogP contribution in [0.2, 0.25) is 0 Å². The van der Waals surface area contributed by atoms with Gasteiger partial charge in [-0.05, 0) is 32.4 Å². The molecule has 1 unspecified atom stereocenters. The van der Waals surface area contributed by atoms with Crippen molar-refractivity contribution < 1.29 is 8.42 Å². The fourth-order valence-corrected chi connectivity index (χ4v) is 2.88. The molecule has 0 aromatic rings. The molecule has 0 spiro atoms. The summed E-state index contributed by atoms with van der Waals surface area (Å²) in [6.07, 6.45) is 6.14. The third-order valence-electron chi connectivity index (χ3n) is 3.31. The molecule has 1 rings (SSSR count). The standard InChI is InChI=1S/C12H26N2O2S/c1-3-7-13-11-12-6-4-5-8-14(12)9-10-17(2,15)16/h12-13H,3-11H2,1-2H3. The van der Waals surface area contributed by atoms with Gasteiger partial charge in [-0.2, -0.15) is 0 Å². The molecule has 0 aromatic heterocycles. The lowest BCUT2D eigenvalue weighted by atomic mass is 10.0. The summed E-state index contributed by atoms with van der Waals surface area (Å²) in [7, 11) is -2.83. The van der Waals surface area contributed by atoms with Gasteiger partial charge in [0.25, 0.3) is 0 Å². The summed E-state index contributed by atoms with van der Waals surface area (Å²) in [5, 5.41) is 3.44. The number of sulfone groups is 1. The molecule has 102 valence electrons. The molecule has 1 saturated heterocycles. The Morgan fingerprint density at radius 3 is 2.76 bits per heavy atom. The number of hydrogen-bond donors (Lipinski definition) is 1. The first-order valence-electron chi connectivity index (χ1n) is 6.65. The van der Waals surface area contributed by atoms with Gasteiger partial charge < -0.3 is 5.32 Å². The molecule has 0 aromatic carbocycles. The lowest BCUT2D eigenvalue weighted by Crippen LogP contribution is -2.47. The summed E-state index contributed by atoms with van der Waals surface area (Å²) in [4.78, 5) is 2.34. The van der Waals surface area contributed by atoms with E-state index in [0.717, 1.165) is 26.1 Å². The summed E-state index contributed by atoms with van der Waals surface area (Å²) < 4.78 is 22.4. The zero-order valence-corrected chi connectivity index (χ0v) is 11.9. The Kier molecular flexibility index (Phi) is 6.44. The number of nitrogens with zero attached hydrogens (tertiary/aromatic N) is 1. The van der Waals surface area contributed by atoms with Crippen molar-refractivity contribution in [3.63, 3.8) is 0 Å². The van der Waals surface area contributed by atoms with Crippen LogP contribution >= 0.6 is 0 Å². The molecule has 1 atom stereocenters. The van der Waals surface area contributed by atoms with Crippen LogP contribution in [0.25, 0.3) is 0 Å². The molecular formula is C12H26N2O2S. The number of nitrogens with one attached hydrogen (secondary N) is 1. The first kappa shape index (κ1) is 14.9. The van der Waals surface area contributed by atoms with E-state index in [1.807, 2.05) is 0 Å². The largest absolute Gasteiger partial charge is 0.315 e. The lowest BCUT2D eigenvalue weighted by Gasteiger charge is -2.35. The minimum absolute atomic E-state index is 0.289. The Bertz CT molecular complexity index is 304. The Hall–Kier alpha value is -0.130. The fourth-order valence-electron chi connectivity index (χ4n) is 2.31. The van der Waals surface area contributed by atoms with E-state index in [4.69, 9.17) is 0 Å². The smallest absolute Gasteiger partial charge is 0.148 e. The van der Waals surface area contributed by atoms with Gasteiger partial charge in [0.2, 0.25) is 0 Å². The van der Waals surface area contributed by atoms with E-state index in [0.29, 0.717) is 12.6 Å². The molecule has 0 bridgehead atoms. The molecule has 0 saturated carbocycles. The molecule has 0 aliphatic carbocycles. The highest BCUT2D eigenvalue weighted by molar-refractivity contribution is 7.90. The fraction of sp³-hybridized carbons (Fsp3) is 1.00. The van der Waals surface area contributed by atoms with E-state index < -0.39 is 9.84 Å². The van der Waals surface area contributed by atoms with Gasteiger partial charge in [-0.1, -0.05) is 13.3 Å². The molecule has 17 heavy (non-hydrogen) atoms. The molecule has 1 fully saturated rings. The molecular weight excluding hydrogens is 236 g/mol. The van der Waals surface area contributed by atoms with E-state index in [-0.39, 0.29) is 5.75 Å². The van der Waals surface area contributed by atoms with Gasteiger partial charge in [0, 0.05) is 25.4 Å². The zero-order chi connectivity index (χ0) is 12.7. The van der Waals surface area contributed by atoms with Crippen LogP contribution in [0, 0.1) is 0 Å². The van der Waals surface area contributed by atoms with Gasteiger partial charge in [-0.3, -0.25) is 4.90 Å². The Balaban J connectivity index is 2.37. The highest BCUT2D eigenvalue weighted by Crippen LogP contribution is 2.16. The second-order valence-corrected chi connectivity index (χ2v) is 7.28. The minimum Gasteiger partial charge on any atom is -0.315 e. The normalized spacial score (nSPS) is 22.8. The topological polar surface area (TPSA) is 49.4 Å². The van der Waals surface area contributed by atoms with Gasteiger partial charge in [-0.25, -0.2) is 8.42 Å². The van der Waals surface area contributed by atoms with Crippen LogP contribution in [0.5, 0.6) is 0 Å². The summed E-state index contributed by atoms with van der Waals surface area (Å²) >= 11 is 0. The molecule has 5 heteroatoms. The van der Waals surface area contributed by atoms with Crippen LogP contribution in [0.3, 0.4) is 0 Å².